The van der Waals surface area contributed by atoms with E-state index in [0.717, 1.165) is 67.8 Å². The number of amides is 1. The van der Waals surface area contributed by atoms with Gasteiger partial charge in [0, 0.05) is 37.4 Å². The second kappa shape index (κ2) is 10.6. The van der Waals surface area contributed by atoms with Gasteiger partial charge in [-0.25, -0.2) is 0 Å². The van der Waals surface area contributed by atoms with Gasteiger partial charge in [-0.2, -0.15) is 0 Å². The molecule has 8 nitrogen and oxygen atoms in total. The van der Waals surface area contributed by atoms with Gasteiger partial charge >= 0.3 is 0 Å². The molecule has 4 N–H and O–H groups in total. The summed E-state index contributed by atoms with van der Waals surface area (Å²) in [6.45, 7) is 6.74. The van der Waals surface area contributed by atoms with Crippen molar-refractivity contribution in [1.29, 1.82) is 0 Å². The van der Waals surface area contributed by atoms with Crippen LogP contribution >= 0.6 is 0 Å². The van der Waals surface area contributed by atoms with E-state index < -0.39 is 5.91 Å². The van der Waals surface area contributed by atoms with Crippen LogP contribution in [0.5, 0.6) is 5.75 Å². The highest BCUT2D eigenvalue weighted by molar-refractivity contribution is 5.92. The topological polar surface area (TPSA) is 117 Å². The number of hydrogen-bond acceptors (Lipinski definition) is 7. The SMILES string of the molecule is CCCc1cc(N2CCNCC2Cc2ccc(-c3cncc(O)c3)cc2CC)nnc1C(N)=O. The first-order valence-electron chi connectivity index (χ1n) is 11.9. The van der Waals surface area contributed by atoms with Crippen LogP contribution in [0.1, 0.15) is 47.4 Å². The predicted octanol–water partition coefficient (Wildman–Crippen LogP) is 2.88. The third-order valence-electron chi connectivity index (χ3n) is 6.36. The van der Waals surface area contributed by atoms with Gasteiger partial charge in [-0.05, 0) is 53.6 Å². The van der Waals surface area contributed by atoms with Gasteiger partial charge in [0.15, 0.2) is 11.5 Å². The van der Waals surface area contributed by atoms with Gasteiger partial charge in [0.2, 0.25) is 0 Å². The number of anilines is 1. The van der Waals surface area contributed by atoms with Crippen LogP contribution in [0.3, 0.4) is 0 Å². The summed E-state index contributed by atoms with van der Waals surface area (Å²) in [4.78, 5) is 18.2. The smallest absolute Gasteiger partial charge is 0.269 e. The summed E-state index contributed by atoms with van der Waals surface area (Å²) in [6.07, 6.45) is 6.61. The van der Waals surface area contributed by atoms with Crippen molar-refractivity contribution in [3.8, 4) is 16.9 Å². The summed E-state index contributed by atoms with van der Waals surface area (Å²) in [5, 5.41) is 21.9. The first-order chi connectivity index (χ1) is 16.5. The third kappa shape index (κ3) is 5.17. The number of nitrogens with zero attached hydrogens (tertiary/aromatic N) is 4. The molecule has 0 spiro atoms. The van der Waals surface area contributed by atoms with Crippen molar-refractivity contribution in [2.45, 2.75) is 45.6 Å². The Bertz CT molecular complexity index is 1170. The van der Waals surface area contributed by atoms with Crippen LogP contribution in [0, 0.1) is 0 Å². The van der Waals surface area contributed by atoms with Gasteiger partial charge in [0.05, 0.1) is 6.20 Å². The molecule has 0 aliphatic carbocycles. The molecule has 1 fully saturated rings. The zero-order valence-electron chi connectivity index (χ0n) is 19.8. The lowest BCUT2D eigenvalue weighted by molar-refractivity contribution is 0.0993. The second-order valence-corrected chi connectivity index (χ2v) is 8.71. The number of nitrogens with one attached hydrogen (secondary N) is 1. The minimum atomic E-state index is -0.533. The highest BCUT2D eigenvalue weighted by atomic mass is 16.3. The van der Waals surface area contributed by atoms with Gasteiger partial charge in [-0.1, -0.05) is 38.5 Å². The van der Waals surface area contributed by atoms with Crippen molar-refractivity contribution in [2.75, 3.05) is 24.5 Å². The lowest BCUT2D eigenvalue weighted by Crippen LogP contribution is -2.53. The zero-order valence-corrected chi connectivity index (χ0v) is 19.8. The molecule has 1 atom stereocenters. The number of aromatic nitrogens is 3. The molecule has 0 saturated carbocycles. The monoisotopic (exact) mass is 460 g/mol. The number of rotatable bonds is 8. The maximum absolute atomic E-state index is 11.8. The van der Waals surface area contributed by atoms with Crippen LogP contribution in [0.15, 0.2) is 42.7 Å². The number of hydrogen-bond donors (Lipinski definition) is 3. The summed E-state index contributed by atoms with van der Waals surface area (Å²) in [7, 11) is 0. The number of pyridine rings is 1. The Kier molecular flexibility index (Phi) is 7.37. The van der Waals surface area contributed by atoms with Crippen LogP contribution < -0.4 is 16.0 Å². The molecule has 3 aromatic rings. The Morgan fingerprint density at radius 1 is 1.12 bits per heavy atom. The molecule has 1 saturated heterocycles. The number of nitrogens with two attached hydrogens (primary N) is 1. The van der Waals surface area contributed by atoms with Crippen molar-refractivity contribution in [2.24, 2.45) is 5.73 Å². The van der Waals surface area contributed by atoms with Crippen molar-refractivity contribution in [1.82, 2.24) is 20.5 Å². The van der Waals surface area contributed by atoms with E-state index in [1.54, 1.807) is 12.3 Å². The Balaban J connectivity index is 1.61. The maximum Gasteiger partial charge on any atom is 0.269 e. The quantitative estimate of drug-likeness (QED) is 0.473. The van der Waals surface area contributed by atoms with Crippen LogP contribution in [0.2, 0.25) is 0 Å². The maximum atomic E-state index is 11.8. The van der Waals surface area contributed by atoms with E-state index in [9.17, 15) is 9.90 Å². The Morgan fingerprint density at radius 3 is 2.71 bits per heavy atom. The van der Waals surface area contributed by atoms with E-state index in [0.29, 0.717) is 0 Å². The molecule has 1 aromatic carbocycles. The number of carbonyl (C=O) groups excluding carboxylic acids is 1. The highest BCUT2D eigenvalue weighted by Gasteiger charge is 2.26. The normalized spacial score (nSPS) is 15.9. The molecule has 1 aliphatic rings. The molecule has 0 radical (unpaired) electrons. The number of benzene rings is 1. The molecular weight excluding hydrogens is 428 g/mol. The van der Waals surface area contributed by atoms with E-state index >= 15 is 0 Å². The van der Waals surface area contributed by atoms with E-state index in [1.165, 1.54) is 17.3 Å². The van der Waals surface area contributed by atoms with Crippen molar-refractivity contribution >= 4 is 11.7 Å². The van der Waals surface area contributed by atoms with Gasteiger partial charge in [0.25, 0.3) is 5.91 Å². The first-order valence-corrected chi connectivity index (χ1v) is 11.9. The van der Waals surface area contributed by atoms with Gasteiger partial charge in [0.1, 0.15) is 5.75 Å². The first kappa shape index (κ1) is 23.6. The summed E-state index contributed by atoms with van der Waals surface area (Å²) in [5.74, 6) is 0.420. The van der Waals surface area contributed by atoms with Crippen molar-refractivity contribution < 1.29 is 9.90 Å². The third-order valence-corrected chi connectivity index (χ3v) is 6.36. The molecular formula is C26H32N6O2. The Morgan fingerprint density at radius 2 is 1.97 bits per heavy atom. The zero-order chi connectivity index (χ0) is 24.1. The largest absolute Gasteiger partial charge is 0.506 e. The van der Waals surface area contributed by atoms with Crippen LogP contribution in [0.4, 0.5) is 5.82 Å². The number of piperazine rings is 1. The van der Waals surface area contributed by atoms with E-state index in [-0.39, 0.29) is 17.5 Å². The summed E-state index contributed by atoms with van der Waals surface area (Å²) >= 11 is 0. The molecule has 34 heavy (non-hydrogen) atoms. The number of aromatic hydroxyl groups is 1. The van der Waals surface area contributed by atoms with Crippen molar-refractivity contribution in [3.05, 3.63) is 65.1 Å². The Labute approximate surface area is 200 Å². The van der Waals surface area contributed by atoms with E-state index in [1.807, 2.05) is 6.07 Å². The number of primary amides is 1. The van der Waals surface area contributed by atoms with E-state index in [4.69, 9.17) is 5.73 Å². The molecule has 1 unspecified atom stereocenters. The van der Waals surface area contributed by atoms with Crippen molar-refractivity contribution in [3.63, 3.8) is 0 Å². The molecule has 1 aliphatic heterocycles. The molecule has 8 heteroatoms. The average Bonchev–Trinajstić information content (AvgIpc) is 2.84. The minimum absolute atomic E-state index is 0.162. The molecule has 4 rings (SSSR count). The molecule has 0 bridgehead atoms. The lowest BCUT2D eigenvalue weighted by Gasteiger charge is -2.37. The fourth-order valence-corrected chi connectivity index (χ4v) is 4.64. The predicted molar refractivity (Wildman–Crippen MR) is 133 cm³/mol. The molecule has 3 heterocycles. The second-order valence-electron chi connectivity index (χ2n) is 8.71. The molecule has 2 aromatic heterocycles. The molecule has 178 valence electrons. The molecule has 1 amide bonds. The lowest BCUT2D eigenvalue weighted by atomic mass is 9.93. The fraction of sp³-hybridized carbons (Fsp3) is 0.385. The minimum Gasteiger partial charge on any atom is -0.506 e. The fourth-order valence-electron chi connectivity index (χ4n) is 4.64. The van der Waals surface area contributed by atoms with Crippen LogP contribution in [0.25, 0.3) is 11.1 Å². The summed E-state index contributed by atoms with van der Waals surface area (Å²) < 4.78 is 0. The average molecular weight is 461 g/mol. The van der Waals surface area contributed by atoms with Gasteiger partial charge < -0.3 is 21.1 Å². The highest BCUT2D eigenvalue weighted by Crippen LogP contribution is 2.27. The summed E-state index contributed by atoms with van der Waals surface area (Å²) in [5.41, 5.74) is 11.1. The van der Waals surface area contributed by atoms with Crippen LogP contribution in [-0.4, -0.2) is 51.9 Å². The summed E-state index contributed by atoms with van der Waals surface area (Å²) in [6, 6.07) is 10.4. The number of carbonyl (C=O) groups is 1. The number of aryl methyl sites for hydroxylation is 2. The standard InChI is InChI=1S/C26H32N6O2/c1-3-5-20-13-24(30-31-25(20)26(27)34)32-9-8-28-15-22(32)11-19-7-6-18(10-17(19)4-2)21-12-23(33)16-29-14-21/h6-7,10,12-14,16,22,28,33H,3-5,8-9,11,15H2,1-2H3,(H2,27,34). The van der Waals surface area contributed by atoms with Gasteiger partial charge in [-0.15, -0.1) is 10.2 Å². The van der Waals surface area contributed by atoms with E-state index in [2.05, 4.69) is 57.4 Å². The Hall–Kier alpha value is -3.52. The van der Waals surface area contributed by atoms with Gasteiger partial charge in [-0.3, -0.25) is 9.78 Å². The van der Waals surface area contributed by atoms with Crippen LogP contribution in [-0.2, 0) is 19.3 Å².